The average Bonchev–Trinajstić information content (AvgIpc) is 2.83. The molecular formula is C26H16S8. The molecule has 4 aromatic rings. The van der Waals surface area contributed by atoms with Crippen LogP contribution in [-0.2, 0) is 0 Å². The summed E-state index contributed by atoms with van der Waals surface area (Å²) < 4.78 is 1.78. The van der Waals surface area contributed by atoms with Crippen LogP contribution in [0.1, 0.15) is 0 Å². The van der Waals surface area contributed by atoms with Crippen molar-refractivity contribution in [2.45, 2.75) is 39.2 Å². The first kappa shape index (κ1) is 24.8. The number of rotatable bonds is 0. The lowest BCUT2D eigenvalue weighted by molar-refractivity contribution is 1.21. The summed E-state index contributed by atoms with van der Waals surface area (Å²) in [6, 6.07) is 33.9. The van der Waals surface area contributed by atoms with Crippen molar-refractivity contribution in [3.8, 4) is 0 Å². The van der Waals surface area contributed by atoms with Crippen LogP contribution in [0.2, 0.25) is 0 Å². The van der Waals surface area contributed by atoms with Crippen molar-refractivity contribution in [2.75, 3.05) is 0 Å². The standard InChI is InChI=1S/C26H16S8/c27-25-31-21-13-5-1-9-17(21)29-18-10-2-6-14-22(18)32-26(28)34-24-16-8-4-12-20(24)30-19-11-3-7-15-23(19)33-25/h1-16H. The Kier molecular flexibility index (Phi) is 8.71. The van der Waals surface area contributed by atoms with Gasteiger partial charge in [-0.25, -0.2) is 0 Å². The summed E-state index contributed by atoms with van der Waals surface area (Å²) in [4.78, 5) is 9.47. The lowest BCUT2D eigenvalue weighted by atomic mass is 10.4. The molecule has 0 amide bonds. The minimum atomic E-state index is 0.889. The van der Waals surface area contributed by atoms with E-state index in [9.17, 15) is 0 Å². The van der Waals surface area contributed by atoms with Gasteiger partial charge in [0, 0.05) is 39.2 Å². The second-order valence-corrected chi connectivity index (χ2v) is 15.6. The summed E-state index contributed by atoms with van der Waals surface area (Å²) in [5, 5.41) is 0. The number of thiocarbonyl (C=S) groups is 2. The molecule has 0 saturated carbocycles. The fourth-order valence-corrected chi connectivity index (χ4v) is 10.3. The van der Waals surface area contributed by atoms with E-state index in [0.717, 1.165) is 7.06 Å². The van der Waals surface area contributed by atoms with E-state index < -0.39 is 0 Å². The van der Waals surface area contributed by atoms with Gasteiger partial charge < -0.3 is 0 Å². The maximum atomic E-state index is 5.85. The predicted molar refractivity (Wildman–Crippen MR) is 163 cm³/mol. The molecule has 0 atom stereocenters. The highest BCUT2D eigenvalue weighted by atomic mass is 32.2. The maximum absolute atomic E-state index is 5.85. The minimum Gasteiger partial charge on any atom is -0.0877 e. The molecule has 0 bridgehead atoms. The first-order valence-corrected chi connectivity index (χ1v) is 15.9. The Hall–Kier alpha value is -0.840. The Labute approximate surface area is 236 Å². The monoisotopic (exact) mass is 584 g/mol. The SMILES string of the molecule is S=C1Sc2ccccc2Sc2ccccc2SC(=S)Sc2ccccc2Sc2ccccc2S1. The second-order valence-electron chi connectivity index (χ2n) is 6.90. The molecule has 0 aromatic heterocycles. The van der Waals surface area contributed by atoms with E-state index in [1.165, 1.54) is 39.2 Å². The van der Waals surface area contributed by atoms with Gasteiger partial charge in [0.15, 0.2) is 0 Å². The van der Waals surface area contributed by atoms with Crippen LogP contribution in [0.5, 0.6) is 0 Å². The average molecular weight is 585 g/mol. The van der Waals surface area contributed by atoms with Crippen molar-refractivity contribution in [1.29, 1.82) is 0 Å². The molecule has 4 aromatic carbocycles. The molecule has 0 fully saturated rings. The first-order valence-electron chi connectivity index (χ1n) is 10.2. The zero-order valence-corrected chi connectivity index (χ0v) is 24.0. The zero-order chi connectivity index (χ0) is 23.3. The first-order chi connectivity index (χ1) is 16.7. The van der Waals surface area contributed by atoms with Crippen LogP contribution in [0.25, 0.3) is 0 Å². The molecule has 34 heavy (non-hydrogen) atoms. The predicted octanol–water partition coefficient (Wildman–Crippen LogP) is 10.6. The molecule has 0 nitrogen and oxygen atoms in total. The summed E-state index contributed by atoms with van der Waals surface area (Å²) in [5.41, 5.74) is 0. The third-order valence-electron chi connectivity index (χ3n) is 4.61. The number of hydrogen-bond donors (Lipinski definition) is 0. The molecule has 0 N–H and O–H groups in total. The van der Waals surface area contributed by atoms with Gasteiger partial charge in [-0.05, 0) is 48.5 Å². The van der Waals surface area contributed by atoms with Crippen LogP contribution in [-0.4, -0.2) is 7.06 Å². The van der Waals surface area contributed by atoms with E-state index in [2.05, 4.69) is 97.1 Å². The lowest BCUT2D eigenvalue weighted by Gasteiger charge is -2.15. The number of benzene rings is 4. The second kappa shape index (κ2) is 11.9. The molecule has 168 valence electrons. The van der Waals surface area contributed by atoms with Crippen LogP contribution in [0.15, 0.2) is 136 Å². The molecule has 5 rings (SSSR count). The summed E-state index contributed by atoms with van der Waals surface area (Å²) in [6.45, 7) is 0. The number of hydrogen-bond acceptors (Lipinski definition) is 8. The van der Waals surface area contributed by atoms with Crippen molar-refractivity contribution in [1.82, 2.24) is 0 Å². The summed E-state index contributed by atoms with van der Waals surface area (Å²) in [7, 11) is 0. The van der Waals surface area contributed by atoms with Crippen molar-refractivity contribution in [2.24, 2.45) is 0 Å². The van der Waals surface area contributed by atoms with Crippen molar-refractivity contribution >= 4 is 102 Å². The highest BCUT2D eigenvalue weighted by Crippen LogP contribution is 2.47. The van der Waals surface area contributed by atoms with Crippen LogP contribution in [0, 0.1) is 0 Å². The molecular weight excluding hydrogens is 569 g/mol. The van der Waals surface area contributed by atoms with E-state index in [4.69, 9.17) is 24.4 Å². The van der Waals surface area contributed by atoms with E-state index in [1.807, 2.05) is 0 Å². The van der Waals surface area contributed by atoms with Gasteiger partial charge in [-0.2, -0.15) is 0 Å². The highest BCUT2D eigenvalue weighted by Gasteiger charge is 2.16. The molecule has 0 spiro atoms. The molecule has 0 aliphatic carbocycles. The molecule has 8 heteroatoms. The minimum absolute atomic E-state index is 0.889. The zero-order valence-electron chi connectivity index (χ0n) is 17.5. The van der Waals surface area contributed by atoms with E-state index in [-0.39, 0.29) is 0 Å². The van der Waals surface area contributed by atoms with Gasteiger partial charge in [-0.15, -0.1) is 0 Å². The number of fused-ring (bicyclic) bond motifs is 4. The van der Waals surface area contributed by atoms with Gasteiger partial charge in [0.25, 0.3) is 0 Å². The van der Waals surface area contributed by atoms with Gasteiger partial charge in [-0.1, -0.05) is 144 Å². The normalized spacial score (nSPS) is 14.5. The quantitative estimate of drug-likeness (QED) is 0.185. The molecule has 0 radical (unpaired) electrons. The van der Waals surface area contributed by atoms with Gasteiger partial charge in [0.2, 0.25) is 0 Å². The molecule has 0 unspecified atom stereocenters. The topological polar surface area (TPSA) is 0 Å². The summed E-state index contributed by atoms with van der Waals surface area (Å²) >= 11 is 21.9. The fourth-order valence-electron chi connectivity index (χ4n) is 3.11. The van der Waals surface area contributed by atoms with Crippen molar-refractivity contribution < 1.29 is 0 Å². The van der Waals surface area contributed by atoms with E-state index in [1.54, 1.807) is 70.6 Å². The van der Waals surface area contributed by atoms with Gasteiger partial charge in [0.05, 0.1) is 0 Å². The highest BCUT2D eigenvalue weighted by molar-refractivity contribution is 8.47. The van der Waals surface area contributed by atoms with Crippen LogP contribution in [0.4, 0.5) is 0 Å². The third kappa shape index (κ3) is 6.28. The Morgan fingerprint density at radius 3 is 0.676 bits per heavy atom. The molecule has 1 heterocycles. The molecule has 0 saturated heterocycles. The van der Waals surface area contributed by atoms with E-state index >= 15 is 0 Å². The van der Waals surface area contributed by atoms with Gasteiger partial charge >= 0.3 is 0 Å². The summed E-state index contributed by atoms with van der Waals surface area (Å²) in [5.74, 6) is 0. The molecule has 1 aliphatic heterocycles. The number of thioether (sulfide) groups is 4. The molecule has 1 aliphatic rings. The lowest BCUT2D eigenvalue weighted by Crippen LogP contribution is -1.90. The largest absolute Gasteiger partial charge is 0.113 e. The van der Waals surface area contributed by atoms with Gasteiger partial charge in [0.1, 0.15) is 7.06 Å². The van der Waals surface area contributed by atoms with E-state index in [0.29, 0.717) is 0 Å². The third-order valence-corrected chi connectivity index (χ3v) is 12.4. The van der Waals surface area contributed by atoms with Crippen LogP contribution >= 0.6 is 95.0 Å². The summed E-state index contributed by atoms with van der Waals surface area (Å²) in [6.07, 6.45) is 0. The maximum Gasteiger partial charge on any atom is 0.113 e. The Morgan fingerprint density at radius 1 is 0.294 bits per heavy atom. The fraction of sp³-hybridized carbons (Fsp3) is 0. The Morgan fingerprint density at radius 2 is 0.471 bits per heavy atom. The van der Waals surface area contributed by atoms with Gasteiger partial charge in [-0.3, -0.25) is 0 Å². The Balaban J connectivity index is 1.58. The van der Waals surface area contributed by atoms with Crippen LogP contribution in [0.3, 0.4) is 0 Å². The van der Waals surface area contributed by atoms with Crippen molar-refractivity contribution in [3.05, 3.63) is 97.1 Å². The smallest absolute Gasteiger partial charge is 0.0877 e. The van der Waals surface area contributed by atoms with Crippen molar-refractivity contribution in [3.63, 3.8) is 0 Å². The van der Waals surface area contributed by atoms with Crippen LogP contribution < -0.4 is 0 Å². The Bertz CT molecular complexity index is 1160.